The van der Waals surface area contributed by atoms with Crippen molar-refractivity contribution in [2.45, 2.75) is 77.0 Å². The van der Waals surface area contributed by atoms with Gasteiger partial charge in [-0.25, -0.2) is 15.0 Å². The minimum Gasteiger partial charge on any atom is -0.444 e. The Balaban J connectivity index is 1.62. The number of hydrogen-bond donors (Lipinski definition) is 5. The molecule has 5 N–H and O–H groups in total. The van der Waals surface area contributed by atoms with Crippen LogP contribution in [0.1, 0.15) is 69.8 Å². The lowest BCUT2D eigenvalue weighted by molar-refractivity contribution is -0.184. The van der Waals surface area contributed by atoms with E-state index in [-0.39, 0.29) is 36.6 Å². The van der Waals surface area contributed by atoms with E-state index in [0.717, 1.165) is 6.08 Å². The molecule has 14 heteroatoms. The molecule has 0 saturated heterocycles. The van der Waals surface area contributed by atoms with Crippen molar-refractivity contribution in [3.8, 4) is 0 Å². The molecule has 1 aliphatic rings. The molecule has 3 aromatic carbocycles. The molecule has 0 spiro atoms. The fourth-order valence-electron chi connectivity index (χ4n) is 5.39. The van der Waals surface area contributed by atoms with Crippen LogP contribution >= 0.6 is 0 Å². The summed E-state index contributed by atoms with van der Waals surface area (Å²) in [6.45, 7) is 9.75. The molecule has 3 aromatic rings. The molecule has 0 fully saturated rings. The molecule has 2 unspecified atom stereocenters. The van der Waals surface area contributed by atoms with E-state index in [0.29, 0.717) is 16.7 Å². The zero-order chi connectivity index (χ0) is 37.6. The number of aliphatic hydroxyl groups excluding tert-OH is 1. The van der Waals surface area contributed by atoms with Crippen LogP contribution in [0, 0.1) is 0 Å². The van der Waals surface area contributed by atoms with Gasteiger partial charge in [0.2, 0.25) is 0 Å². The number of nitrogens with zero attached hydrogens (tertiary/aromatic N) is 1. The molecule has 0 bridgehead atoms. The van der Waals surface area contributed by atoms with Gasteiger partial charge in [0.05, 0.1) is 12.6 Å². The SMILES string of the molecule is CC(C)(C)OC(=O)NCc1cccc(C2(C(F)(F)F)C=C(C(=O)Nc3cccc(C(c4ccccc4)N(CCO)C(=O)OC(C)(C)C)c3)NN2)c1. The van der Waals surface area contributed by atoms with Gasteiger partial charge in [-0.2, -0.15) is 13.2 Å². The number of carbonyl (C=O) groups excluding carboxylic acids is 3. The van der Waals surface area contributed by atoms with E-state index in [1.54, 1.807) is 84.0 Å². The monoisotopic (exact) mass is 711 g/mol. The van der Waals surface area contributed by atoms with Crippen molar-refractivity contribution in [3.63, 3.8) is 0 Å². The summed E-state index contributed by atoms with van der Waals surface area (Å²) in [5.41, 5.74) is 1.57. The Morgan fingerprint density at radius 1 is 0.863 bits per heavy atom. The van der Waals surface area contributed by atoms with Crippen LogP contribution in [0.3, 0.4) is 0 Å². The minimum atomic E-state index is -4.89. The number of benzene rings is 3. The summed E-state index contributed by atoms with van der Waals surface area (Å²) in [5, 5.41) is 15.1. The van der Waals surface area contributed by atoms with Gasteiger partial charge in [0, 0.05) is 18.8 Å². The molecule has 3 amide bonds. The third-order valence-corrected chi connectivity index (χ3v) is 7.52. The normalized spacial score (nSPS) is 16.7. The lowest BCUT2D eigenvalue weighted by Gasteiger charge is -2.34. The average molecular weight is 712 g/mol. The van der Waals surface area contributed by atoms with Crippen LogP contribution in [-0.2, 0) is 26.4 Å². The molecule has 0 aromatic heterocycles. The fourth-order valence-corrected chi connectivity index (χ4v) is 5.39. The molecule has 51 heavy (non-hydrogen) atoms. The number of alkyl carbamates (subject to hydrolysis) is 1. The Labute approximate surface area is 295 Å². The smallest absolute Gasteiger partial charge is 0.416 e. The van der Waals surface area contributed by atoms with Gasteiger partial charge in [-0.3, -0.25) is 9.69 Å². The number of halogens is 3. The predicted molar refractivity (Wildman–Crippen MR) is 185 cm³/mol. The highest BCUT2D eigenvalue weighted by Crippen LogP contribution is 2.43. The van der Waals surface area contributed by atoms with E-state index in [1.165, 1.54) is 23.1 Å². The van der Waals surface area contributed by atoms with Crippen LogP contribution in [0.15, 0.2) is 90.6 Å². The molecule has 2 atom stereocenters. The third kappa shape index (κ3) is 10.0. The second-order valence-electron chi connectivity index (χ2n) is 14.0. The molecule has 0 saturated carbocycles. The molecular formula is C37H44F3N5O6. The number of anilines is 1. The summed E-state index contributed by atoms with van der Waals surface area (Å²) in [6.07, 6.45) is -5.51. The van der Waals surface area contributed by atoms with Gasteiger partial charge in [-0.15, -0.1) is 0 Å². The molecule has 11 nitrogen and oxygen atoms in total. The number of ether oxygens (including phenoxy) is 2. The Kier molecular flexibility index (Phi) is 11.7. The topological polar surface area (TPSA) is 141 Å². The van der Waals surface area contributed by atoms with E-state index in [2.05, 4.69) is 21.5 Å². The highest BCUT2D eigenvalue weighted by molar-refractivity contribution is 6.03. The Morgan fingerprint density at radius 2 is 1.51 bits per heavy atom. The molecule has 1 heterocycles. The molecular weight excluding hydrogens is 667 g/mol. The summed E-state index contributed by atoms with van der Waals surface area (Å²) in [7, 11) is 0. The highest BCUT2D eigenvalue weighted by atomic mass is 19.4. The lowest BCUT2D eigenvalue weighted by atomic mass is 9.88. The molecule has 0 aliphatic carbocycles. The van der Waals surface area contributed by atoms with Crippen LogP contribution in [0.5, 0.6) is 0 Å². The lowest BCUT2D eigenvalue weighted by Crippen LogP contribution is -2.53. The summed E-state index contributed by atoms with van der Waals surface area (Å²) in [6, 6.07) is 20.4. The van der Waals surface area contributed by atoms with Crippen LogP contribution < -0.4 is 21.5 Å². The van der Waals surface area contributed by atoms with Crippen LogP contribution in [0.25, 0.3) is 0 Å². The first-order valence-corrected chi connectivity index (χ1v) is 16.3. The Morgan fingerprint density at radius 3 is 2.14 bits per heavy atom. The van der Waals surface area contributed by atoms with E-state index >= 15 is 0 Å². The largest absolute Gasteiger partial charge is 0.444 e. The maximum absolute atomic E-state index is 14.8. The van der Waals surface area contributed by atoms with Crippen molar-refractivity contribution >= 4 is 23.8 Å². The van der Waals surface area contributed by atoms with Gasteiger partial charge in [-0.1, -0.05) is 66.7 Å². The maximum atomic E-state index is 14.8. The molecule has 0 radical (unpaired) electrons. The van der Waals surface area contributed by atoms with Gasteiger partial charge in [0.15, 0.2) is 5.54 Å². The van der Waals surface area contributed by atoms with Crippen molar-refractivity contribution in [2.24, 2.45) is 0 Å². The number of carbonyl (C=O) groups is 3. The number of amides is 3. The first-order chi connectivity index (χ1) is 23.8. The number of hydrazine groups is 1. The summed E-state index contributed by atoms with van der Waals surface area (Å²) < 4.78 is 55.2. The van der Waals surface area contributed by atoms with Gasteiger partial charge in [0.25, 0.3) is 5.91 Å². The number of alkyl halides is 3. The zero-order valence-electron chi connectivity index (χ0n) is 29.4. The first-order valence-electron chi connectivity index (χ1n) is 16.3. The van der Waals surface area contributed by atoms with Gasteiger partial charge in [0.1, 0.15) is 16.9 Å². The number of aliphatic hydroxyl groups is 1. The molecule has 1 aliphatic heterocycles. The second-order valence-corrected chi connectivity index (χ2v) is 14.0. The maximum Gasteiger partial charge on any atom is 0.416 e. The van der Waals surface area contributed by atoms with Crippen molar-refractivity contribution in [3.05, 3.63) is 113 Å². The van der Waals surface area contributed by atoms with Gasteiger partial charge >= 0.3 is 18.4 Å². The molecule has 274 valence electrons. The number of rotatable bonds is 10. The van der Waals surface area contributed by atoms with Crippen molar-refractivity contribution < 1.29 is 42.1 Å². The average Bonchev–Trinajstić information content (AvgIpc) is 3.51. The van der Waals surface area contributed by atoms with Gasteiger partial charge < -0.3 is 30.6 Å². The van der Waals surface area contributed by atoms with E-state index in [4.69, 9.17) is 9.47 Å². The summed E-state index contributed by atoms with van der Waals surface area (Å²) in [5.74, 6) is -0.857. The van der Waals surface area contributed by atoms with Crippen LogP contribution in [-0.4, -0.2) is 58.6 Å². The quantitative estimate of drug-likeness (QED) is 0.162. The van der Waals surface area contributed by atoms with Crippen LogP contribution in [0.2, 0.25) is 0 Å². The van der Waals surface area contributed by atoms with Gasteiger partial charge in [-0.05, 0) is 82.0 Å². The van der Waals surface area contributed by atoms with Crippen molar-refractivity contribution in [2.75, 3.05) is 18.5 Å². The minimum absolute atomic E-state index is 0.0642. The number of hydrogen-bond acceptors (Lipinski definition) is 8. The Bertz CT molecular complexity index is 1740. The first kappa shape index (κ1) is 38.7. The standard InChI is InChI=1S/C37H44F3N5O6/c1-34(2,3)50-32(48)41-23-24-12-10-16-27(20-24)36(37(38,39)40)22-29(43-44-36)31(47)42-28-17-11-15-26(21-28)30(25-13-8-7-9-14-25)45(18-19-46)33(49)51-35(4,5)6/h7-17,20-22,30,43-44,46H,18-19,23H2,1-6H3,(H,41,48)(H,42,47). The Hall–Kier alpha value is -5.08. The zero-order valence-corrected chi connectivity index (χ0v) is 29.4. The summed E-state index contributed by atoms with van der Waals surface area (Å²) in [4.78, 5) is 40.3. The molecule has 4 rings (SSSR count). The van der Waals surface area contributed by atoms with Crippen molar-refractivity contribution in [1.82, 2.24) is 21.1 Å². The van der Waals surface area contributed by atoms with Crippen LogP contribution in [0.4, 0.5) is 28.4 Å². The van der Waals surface area contributed by atoms with E-state index < -0.39 is 47.1 Å². The van der Waals surface area contributed by atoms with E-state index in [9.17, 15) is 32.7 Å². The third-order valence-electron chi connectivity index (χ3n) is 7.52. The predicted octanol–water partition coefficient (Wildman–Crippen LogP) is 6.42. The fraction of sp³-hybridized carbons (Fsp3) is 0.378. The summed E-state index contributed by atoms with van der Waals surface area (Å²) >= 11 is 0. The van der Waals surface area contributed by atoms with Crippen molar-refractivity contribution in [1.29, 1.82) is 0 Å². The number of nitrogens with one attached hydrogen (secondary N) is 4. The highest BCUT2D eigenvalue weighted by Gasteiger charge is 2.57. The second kappa shape index (κ2) is 15.4. The van der Waals surface area contributed by atoms with E-state index in [1.807, 2.05) is 18.2 Å².